The molecule has 0 saturated heterocycles. The average Bonchev–Trinajstić information content (AvgIpc) is 3.32. The third-order valence-corrected chi connectivity index (χ3v) is 7.97. The molecule has 0 radical (unpaired) electrons. The van der Waals surface area contributed by atoms with Gasteiger partial charge in [0.1, 0.15) is 11.6 Å². The lowest BCUT2D eigenvalue weighted by molar-refractivity contribution is -0.121. The number of ketones is 1. The van der Waals surface area contributed by atoms with E-state index in [2.05, 4.69) is 27.4 Å². The van der Waals surface area contributed by atoms with E-state index >= 15 is 0 Å². The lowest BCUT2D eigenvalue weighted by atomic mass is 9.59. The van der Waals surface area contributed by atoms with Crippen molar-refractivity contribution in [3.63, 3.8) is 0 Å². The SMILES string of the molecule is [C-]#[N+]C1=C[C@@]2(C)c3nc(-c4cccc(-c5ccncc5)c4)n(-c4cccc(F)c4)c3CC[C@@H]2[C@@H](C)C1=O. The van der Waals surface area contributed by atoms with Crippen molar-refractivity contribution in [3.8, 4) is 28.2 Å². The number of hydrogen-bond donors (Lipinski definition) is 0. The molecular formula is C31H25FN4O. The third kappa shape index (κ3) is 3.62. The normalized spacial score (nSPS) is 22.5. The molecule has 0 aliphatic heterocycles. The molecule has 0 unspecified atom stereocenters. The second-order valence-corrected chi connectivity index (χ2v) is 10.1. The summed E-state index contributed by atoms with van der Waals surface area (Å²) in [6.07, 6.45) is 6.85. The van der Waals surface area contributed by atoms with Crippen LogP contribution in [0.1, 0.15) is 31.7 Å². The largest absolute Gasteiger partial charge is 0.308 e. The van der Waals surface area contributed by atoms with E-state index < -0.39 is 5.41 Å². The van der Waals surface area contributed by atoms with Gasteiger partial charge in [0.2, 0.25) is 5.70 Å². The van der Waals surface area contributed by atoms with Gasteiger partial charge >= 0.3 is 0 Å². The molecule has 0 N–H and O–H groups in total. The van der Waals surface area contributed by atoms with Crippen LogP contribution in [0.2, 0.25) is 0 Å². The molecular weight excluding hydrogens is 463 g/mol. The Morgan fingerprint density at radius 3 is 2.57 bits per heavy atom. The maximum Gasteiger partial charge on any atom is 0.226 e. The predicted molar refractivity (Wildman–Crippen MR) is 140 cm³/mol. The number of aromatic nitrogens is 3. The van der Waals surface area contributed by atoms with Crippen molar-refractivity contribution in [1.82, 2.24) is 14.5 Å². The van der Waals surface area contributed by atoms with Crippen LogP contribution in [0.15, 0.2) is 84.8 Å². The fourth-order valence-electron chi connectivity index (χ4n) is 6.16. The highest BCUT2D eigenvalue weighted by Gasteiger charge is 2.50. The van der Waals surface area contributed by atoms with Crippen LogP contribution in [-0.2, 0) is 16.6 Å². The molecule has 6 heteroatoms. The summed E-state index contributed by atoms with van der Waals surface area (Å²) < 4.78 is 16.5. The molecule has 4 aromatic rings. The van der Waals surface area contributed by atoms with Gasteiger partial charge in [0.25, 0.3) is 0 Å². The molecule has 182 valence electrons. The summed E-state index contributed by atoms with van der Waals surface area (Å²) in [7, 11) is 0. The molecule has 37 heavy (non-hydrogen) atoms. The Balaban J connectivity index is 1.61. The van der Waals surface area contributed by atoms with E-state index in [0.29, 0.717) is 12.1 Å². The molecule has 6 rings (SSSR count). The molecule has 3 atom stereocenters. The number of imidazole rings is 1. The van der Waals surface area contributed by atoms with Gasteiger partial charge in [-0.3, -0.25) is 9.55 Å². The van der Waals surface area contributed by atoms with Gasteiger partial charge in [-0.2, -0.15) is 0 Å². The van der Waals surface area contributed by atoms with Gasteiger partial charge in [0.15, 0.2) is 5.78 Å². The molecule has 2 aliphatic carbocycles. The number of pyridine rings is 1. The third-order valence-electron chi connectivity index (χ3n) is 7.97. The average molecular weight is 489 g/mol. The molecule has 0 saturated carbocycles. The molecule has 2 heterocycles. The van der Waals surface area contributed by atoms with Crippen molar-refractivity contribution in [3.05, 3.63) is 113 Å². The van der Waals surface area contributed by atoms with Gasteiger partial charge in [-0.1, -0.05) is 44.2 Å². The molecule has 5 nitrogen and oxygen atoms in total. The van der Waals surface area contributed by atoms with Crippen LogP contribution in [0.5, 0.6) is 0 Å². The van der Waals surface area contributed by atoms with Crippen molar-refractivity contribution in [2.24, 2.45) is 11.8 Å². The highest BCUT2D eigenvalue weighted by atomic mass is 19.1. The van der Waals surface area contributed by atoms with E-state index in [1.807, 2.05) is 49.4 Å². The topological polar surface area (TPSA) is 52.1 Å². The van der Waals surface area contributed by atoms with Crippen LogP contribution < -0.4 is 0 Å². The van der Waals surface area contributed by atoms with E-state index in [1.165, 1.54) is 12.1 Å². The number of carbonyl (C=O) groups excluding carboxylic acids is 1. The summed E-state index contributed by atoms with van der Waals surface area (Å²) in [5, 5.41) is 0. The standard InChI is InChI=1S/C31H25FN4O/c1-19-25-10-11-27-29(31(25,2)18-26(33-3)28(19)37)35-30(36(27)24-9-5-8-23(32)17-24)22-7-4-6-21(16-22)20-12-14-34-15-13-20/h4-9,12-19,25H,10-11H2,1-2H3/t19-,25-,31-/m1/s1. The summed E-state index contributed by atoms with van der Waals surface area (Å²) in [6.45, 7) is 11.6. The second-order valence-electron chi connectivity index (χ2n) is 10.1. The molecule has 2 aromatic heterocycles. The molecule has 0 bridgehead atoms. The minimum atomic E-state index is -0.573. The monoisotopic (exact) mass is 488 g/mol. The first-order valence-electron chi connectivity index (χ1n) is 12.4. The zero-order valence-electron chi connectivity index (χ0n) is 20.6. The summed E-state index contributed by atoms with van der Waals surface area (Å²) >= 11 is 0. The summed E-state index contributed by atoms with van der Waals surface area (Å²) in [5.41, 5.74) is 5.15. The van der Waals surface area contributed by atoms with Gasteiger partial charge in [-0.25, -0.2) is 14.2 Å². The van der Waals surface area contributed by atoms with E-state index in [-0.39, 0.29) is 29.1 Å². The van der Waals surface area contributed by atoms with Crippen LogP contribution in [0.4, 0.5) is 4.39 Å². The van der Waals surface area contributed by atoms with Gasteiger partial charge in [-0.15, -0.1) is 0 Å². The summed E-state index contributed by atoms with van der Waals surface area (Å²) in [4.78, 5) is 25.7. The fourth-order valence-corrected chi connectivity index (χ4v) is 6.16. The Hall–Kier alpha value is -4.37. The van der Waals surface area contributed by atoms with Gasteiger partial charge in [-0.05, 0) is 66.3 Å². The van der Waals surface area contributed by atoms with Crippen molar-refractivity contribution < 1.29 is 9.18 Å². The van der Waals surface area contributed by atoms with Crippen molar-refractivity contribution in [1.29, 1.82) is 0 Å². The minimum absolute atomic E-state index is 0.0462. The smallest absolute Gasteiger partial charge is 0.226 e. The van der Waals surface area contributed by atoms with Crippen LogP contribution in [-0.4, -0.2) is 20.3 Å². The number of nitrogens with zero attached hydrogens (tertiary/aromatic N) is 4. The van der Waals surface area contributed by atoms with Crippen molar-refractivity contribution in [2.75, 3.05) is 0 Å². The lowest BCUT2D eigenvalue weighted by Crippen LogP contribution is -2.45. The molecule has 0 amide bonds. The number of hydrogen-bond acceptors (Lipinski definition) is 3. The first-order valence-corrected chi connectivity index (χ1v) is 12.4. The first kappa shape index (κ1) is 23.1. The number of halogens is 1. The van der Waals surface area contributed by atoms with Crippen molar-refractivity contribution >= 4 is 5.78 Å². The lowest BCUT2D eigenvalue weighted by Gasteiger charge is -2.44. The van der Waals surface area contributed by atoms with E-state index in [1.54, 1.807) is 18.5 Å². The van der Waals surface area contributed by atoms with Crippen LogP contribution in [0.25, 0.3) is 33.0 Å². The quantitative estimate of drug-likeness (QED) is 0.306. The van der Waals surface area contributed by atoms with Gasteiger partial charge < -0.3 is 4.79 Å². The second kappa shape index (κ2) is 8.63. The first-order chi connectivity index (χ1) is 17.9. The number of Topliss-reactive ketones (excluding diaryl/α,β-unsaturated/α-hetero) is 1. The molecule has 0 spiro atoms. The number of rotatable bonds is 3. The van der Waals surface area contributed by atoms with Crippen LogP contribution in [0, 0.1) is 24.2 Å². The minimum Gasteiger partial charge on any atom is -0.308 e. The van der Waals surface area contributed by atoms with E-state index in [9.17, 15) is 9.18 Å². The zero-order chi connectivity index (χ0) is 25.7. The number of fused-ring (bicyclic) bond motifs is 3. The van der Waals surface area contributed by atoms with E-state index in [0.717, 1.165) is 40.3 Å². The van der Waals surface area contributed by atoms with Gasteiger partial charge in [0.05, 0.1) is 18.0 Å². The summed E-state index contributed by atoms with van der Waals surface area (Å²) in [6, 6.07) is 18.6. The maximum atomic E-state index is 14.4. The van der Waals surface area contributed by atoms with Crippen molar-refractivity contribution in [2.45, 2.75) is 32.1 Å². The van der Waals surface area contributed by atoms with Gasteiger partial charge in [0, 0.05) is 35.0 Å². The predicted octanol–water partition coefficient (Wildman–Crippen LogP) is 6.58. The highest BCUT2D eigenvalue weighted by Crippen LogP contribution is 2.51. The fraction of sp³-hybridized carbons (Fsp3) is 0.226. The Bertz CT molecular complexity index is 1610. The summed E-state index contributed by atoms with van der Waals surface area (Å²) in [5.74, 6) is 0.102. The maximum absolute atomic E-state index is 14.4. The molecule has 2 aliphatic rings. The Morgan fingerprint density at radius 2 is 1.81 bits per heavy atom. The zero-order valence-corrected chi connectivity index (χ0v) is 20.6. The molecule has 2 aromatic carbocycles. The Kier molecular flexibility index (Phi) is 5.38. The number of benzene rings is 2. The van der Waals surface area contributed by atoms with Crippen LogP contribution in [0.3, 0.4) is 0 Å². The molecule has 0 fully saturated rings. The van der Waals surface area contributed by atoms with E-state index in [4.69, 9.17) is 11.6 Å². The number of allylic oxidation sites excluding steroid dienone is 2. The number of carbonyl (C=O) groups is 1. The van der Waals surface area contributed by atoms with Crippen LogP contribution >= 0.6 is 0 Å². The Labute approximate surface area is 215 Å². The highest BCUT2D eigenvalue weighted by molar-refractivity contribution is 6.00. The Morgan fingerprint density at radius 1 is 1.05 bits per heavy atom.